The van der Waals surface area contributed by atoms with Crippen molar-refractivity contribution in [3.8, 4) is 0 Å². The number of anilines is 1. The number of hydrogen-bond donors (Lipinski definition) is 2. The predicted octanol–water partition coefficient (Wildman–Crippen LogP) is 1.13. The highest BCUT2D eigenvalue weighted by Crippen LogP contribution is 2.30. The van der Waals surface area contributed by atoms with Gasteiger partial charge in [0, 0.05) is 37.5 Å². The Morgan fingerprint density at radius 2 is 2.04 bits per heavy atom. The first kappa shape index (κ1) is 17.9. The fourth-order valence-corrected chi connectivity index (χ4v) is 2.70. The summed E-state index contributed by atoms with van der Waals surface area (Å²) in [7, 11) is -2.68. The van der Waals surface area contributed by atoms with Gasteiger partial charge < -0.3 is 5.32 Å². The van der Waals surface area contributed by atoms with Crippen molar-refractivity contribution in [1.82, 2.24) is 14.8 Å². The molecule has 2 heterocycles. The van der Waals surface area contributed by atoms with Crippen LogP contribution >= 0.6 is 0 Å². The van der Waals surface area contributed by atoms with E-state index in [4.69, 9.17) is 5.14 Å². The van der Waals surface area contributed by atoms with Gasteiger partial charge in [-0.3, -0.25) is 9.48 Å². The number of pyridine rings is 1. The molecule has 130 valence electrons. The highest BCUT2D eigenvalue weighted by molar-refractivity contribution is 7.89. The molecule has 2 rings (SSSR count). The van der Waals surface area contributed by atoms with Crippen LogP contribution in [0.5, 0.6) is 0 Å². The van der Waals surface area contributed by atoms with Crippen molar-refractivity contribution in [3.05, 3.63) is 35.3 Å². The summed E-state index contributed by atoms with van der Waals surface area (Å²) in [5.74, 6) is -3.91. The average molecular weight is 359 g/mol. The number of amides is 1. The first-order chi connectivity index (χ1) is 10.9. The lowest BCUT2D eigenvalue weighted by Crippen LogP contribution is -2.18. The second kappa shape index (κ2) is 5.91. The largest absolute Gasteiger partial charge is 0.321 e. The van der Waals surface area contributed by atoms with Gasteiger partial charge in [0.1, 0.15) is 11.4 Å². The minimum Gasteiger partial charge on any atom is -0.321 e. The van der Waals surface area contributed by atoms with Crippen molar-refractivity contribution in [2.75, 3.05) is 5.32 Å². The molecule has 2 aromatic heterocycles. The van der Waals surface area contributed by atoms with E-state index in [1.165, 1.54) is 20.0 Å². The lowest BCUT2D eigenvalue weighted by atomic mass is 10.1. The van der Waals surface area contributed by atoms with E-state index in [1.807, 2.05) is 0 Å². The van der Waals surface area contributed by atoms with Gasteiger partial charge in [0.05, 0.1) is 0 Å². The van der Waals surface area contributed by atoms with Gasteiger partial charge in [-0.15, -0.1) is 0 Å². The van der Waals surface area contributed by atoms with Crippen LogP contribution in [-0.4, -0.2) is 29.1 Å². The van der Waals surface area contributed by atoms with Gasteiger partial charge in [-0.1, -0.05) is 0 Å². The van der Waals surface area contributed by atoms with Crippen molar-refractivity contribution in [3.63, 3.8) is 0 Å². The number of sulfonamides is 1. The molecule has 1 amide bonds. The minimum absolute atomic E-state index is 0.0308. The summed E-state index contributed by atoms with van der Waals surface area (Å²) >= 11 is 0. The number of carbonyl (C=O) groups excluding carboxylic acids is 1. The molecular weight excluding hydrogens is 344 g/mol. The fraction of sp³-hybridized carbons (Fsp3) is 0.308. The maximum Gasteiger partial charge on any atom is 0.289 e. The number of nitrogens with zero attached hydrogens (tertiary/aromatic N) is 3. The lowest BCUT2D eigenvalue weighted by Gasteiger charge is -2.08. The van der Waals surface area contributed by atoms with Crippen LogP contribution in [0.1, 0.15) is 28.7 Å². The molecule has 0 fully saturated rings. The zero-order valence-electron chi connectivity index (χ0n) is 13.0. The molecular formula is C13H15F2N5O3S. The first-order valence-electron chi connectivity index (χ1n) is 6.63. The summed E-state index contributed by atoms with van der Waals surface area (Å²) in [6.07, 6.45) is 1.15. The van der Waals surface area contributed by atoms with Crippen LogP contribution in [0.4, 0.5) is 14.5 Å². The van der Waals surface area contributed by atoms with Crippen LogP contribution in [0.2, 0.25) is 0 Å². The van der Waals surface area contributed by atoms with Crippen molar-refractivity contribution in [1.29, 1.82) is 0 Å². The van der Waals surface area contributed by atoms with Crippen molar-refractivity contribution >= 4 is 21.6 Å². The molecule has 3 N–H and O–H groups in total. The van der Waals surface area contributed by atoms with Gasteiger partial charge in [0.2, 0.25) is 0 Å². The number of alkyl halides is 2. The number of aromatic nitrogens is 3. The van der Waals surface area contributed by atoms with E-state index in [1.54, 1.807) is 0 Å². The van der Waals surface area contributed by atoms with Crippen molar-refractivity contribution in [2.24, 2.45) is 12.2 Å². The predicted molar refractivity (Wildman–Crippen MR) is 81.1 cm³/mol. The molecule has 0 spiro atoms. The monoisotopic (exact) mass is 359 g/mol. The standard InChI is InChI=1S/C13H15F2N5O3S/c1-7-10(20(3)19-11(7)13(2,14)15)12(21)18-8-4-5-17-9(6-8)24(16,22)23/h4-6H,1-3H3,(H2,16,22,23)(H,17,18,21). The Morgan fingerprint density at radius 3 is 2.54 bits per heavy atom. The maximum atomic E-state index is 13.5. The van der Waals surface area contributed by atoms with Gasteiger partial charge in [-0.25, -0.2) is 18.5 Å². The number of halogens is 2. The highest BCUT2D eigenvalue weighted by atomic mass is 32.2. The van der Waals surface area contributed by atoms with Crippen LogP contribution in [-0.2, 0) is 23.0 Å². The summed E-state index contributed by atoms with van der Waals surface area (Å²) in [5.41, 5.74) is -0.441. The van der Waals surface area contributed by atoms with E-state index in [2.05, 4.69) is 15.4 Å². The molecule has 0 atom stereocenters. The topological polar surface area (TPSA) is 120 Å². The molecule has 8 nitrogen and oxygen atoms in total. The molecule has 0 bridgehead atoms. The van der Waals surface area contributed by atoms with E-state index in [0.717, 1.165) is 16.9 Å². The number of rotatable bonds is 4. The molecule has 0 unspecified atom stereocenters. The van der Waals surface area contributed by atoms with Crippen molar-refractivity contribution < 1.29 is 22.0 Å². The Balaban J connectivity index is 2.37. The van der Waals surface area contributed by atoms with E-state index in [0.29, 0.717) is 6.92 Å². The summed E-state index contributed by atoms with van der Waals surface area (Å²) < 4.78 is 50.6. The van der Waals surface area contributed by atoms with Gasteiger partial charge in [-0.2, -0.15) is 13.9 Å². The van der Waals surface area contributed by atoms with Crippen LogP contribution in [0.25, 0.3) is 0 Å². The Morgan fingerprint density at radius 1 is 1.42 bits per heavy atom. The van der Waals surface area contributed by atoms with Crippen LogP contribution < -0.4 is 10.5 Å². The zero-order chi connectivity index (χ0) is 18.3. The molecule has 24 heavy (non-hydrogen) atoms. The van der Waals surface area contributed by atoms with Gasteiger partial charge in [0.25, 0.3) is 21.9 Å². The summed E-state index contributed by atoms with van der Waals surface area (Å²) in [4.78, 5) is 15.9. The molecule has 0 aliphatic rings. The Bertz CT molecular complexity index is 903. The molecule has 11 heteroatoms. The van der Waals surface area contributed by atoms with E-state index >= 15 is 0 Å². The molecule has 0 radical (unpaired) electrons. The second-order valence-electron chi connectivity index (χ2n) is 5.22. The van der Waals surface area contributed by atoms with Gasteiger partial charge >= 0.3 is 0 Å². The summed E-state index contributed by atoms with van der Waals surface area (Å²) in [6, 6.07) is 2.40. The van der Waals surface area contributed by atoms with E-state index in [9.17, 15) is 22.0 Å². The van der Waals surface area contributed by atoms with Crippen LogP contribution in [0.3, 0.4) is 0 Å². The van der Waals surface area contributed by atoms with E-state index < -0.39 is 32.6 Å². The van der Waals surface area contributed by atoms with Gasteiger partial charge in [0.15, 0.2) is 5.03 Å². The Kier molecular flexibility index (Phi) is 4.42. The van der Waals surface area contributed by atoms with Crippen LogP contribution in [0.15, 0.2) is 23.4 Å². The molecule has 0 saturated heterocycles. The molecule has 0 saturated carbocycles. The first-order valence-corrected chi connectivity index (χ1v) is 8.18. The van der Waals surface area contributed by atoms with E-state index in [-0.39, 0.29) is 16.9 Å². The highest BCUT2D eigenvalue weighted by Gasteiger charge is 2.33. The molecule has 0 aliphatic heterocycles. The SMILES string of the molecule is Cc1c(C(C)(F)F)nn(C)c1C(=O)Nc1ccnc(S(N)(=O)=O)c1. The quantitative estimate of drug-likeness (QED) is 0.848. The van der Waals surface area contributed by atoms with Crippen LogP contribution in [0, 0.1) is 6.92 Å². The third-order valence-corrected chi connectivity index (χ3v) is 4.01. The third-order valence-electron chi connectivity index (χ3n) is 3.20. The summed E-state index contributed by atoms with van der Waals surface area (Å²) in [6.45, 7) is 2.04. The number of aryl methyl sites for hydroxylation is 1. The summed E-state index contributed by atoms with van der Waals surface area (Å²) in [5, 5.41) is 10.6. The maximum absolute atomic E-state index is 13.5. The van der Waals surface area contributed by atoms with Gasteiger partial charge in [-0.05, 0) is 13.0 Å². The zero-order valence-corrected chi connectivity index (χ0v) is 13.9. The number of nitrogens with two attached hydrogens (primary N) is 1. The molecule has 0 aliphatic carbocycles. The Hall–Kier alpha value is -2.40. The second-order valence-corrected chi connectivity index (χ2v) is 6.72. The number of hydrogen-bond acceptors (Lipinski definition) is 5. The molecule has 0 aromatic carbocycles. The smallest absolute Gasteiger partial charge is 0.289 e. The average Bonchev–Trinajstić information content (AvgIpc) is 2.73. The fourth-order valence-electron chi connectivity index (χ4n) is 2.20. The number of nitrogens with one attached hydrogen (secondary N) is 1. The molecule has 2 aromatic rings. The number of carbonyl (C=O) groups is 1. The Labute approximate surface area is 136 Å². The minimum atomic E-state index is -4.04. The lowest BCUT2D eigenvalue weighted by molar-refractivity contribution is 0.0116. The number of primary sulfonamides is 1. The normalized spacial score (nSPS) is 12.2. The van der Waals surface area contributed by atoms with Crippen molar-refractivity contribution in [2.45, 2.75) is 24.8 Å². The third kappa shape index (κ3) is 3.57.